The van der Waals surface area contributed by atoms with Crippen molar-refractivity contribution in [2.45, 2.75) is 62.4 Å². The Morgan fingerprint density at radius 3 is 1.27 bits per heavy atom. The zero-order valence-corrected chi connectivity index (χ0v) is 26.3. The van der Waals surface area contributed by atoms with Crippen LogP contribution in [-0.2, 0) is 46.4 Å². The summed E-state index contributed by atoms with van der Waals surface area (Å²) in [6.07, 6.45) is -0.830. The Labute approximate surface area is 275 Å². The van der Waals surface area contributed by atoms with E-state index in [9.17, 15) is 48.9 Å². The van der Waals surface area contributed by atoms with Crippen LogP contribution in [-0.4, -0.2) is 106 Å². The van der Waals surface area contributed by atoms with Gasteiger partial charge in [0.25, 0.3) is 5.91 Å². The van der Waals surface area contributed by atoms with E-state index in [1.165, 1.54) is 6.92 Å². The van der Waals surface area contributed by atoms with Gasteiger partial charge < -0.3 is 53.4 Å². The van der Waals surface area contributed by atoms with E-state index < -0.39 is 97.3 Å². The molecule has 17 nitrogen and oxygen atoms in total. The van der Waals surface area contributed by atoms with Gasteiger partial charge in [-0.15, -0.1) is 0 Å². The predicted molar refractivity (Wildman–Crippen MR) is 168 cm³/mol. The topological polar surface area (TPSA) is 294 Å². The highest BCUT2D eigenvalue weighted by Crippen LogP contribution is 2.07. The van der Waals surface area contributed by atoms with Crippen molar-refractivity contribution in [2.24, 2.45) is 5.73 Å². The highest BCUT2D eigenvalue weighted by atomic mass is 16.4. The van der Waals surface area contributed by atoms with Crippen molar-refractivity contribution >= 4 is 41.4 Å². The second kappa shape index (κ2) is 19.3. The lowest BCUT2D eigenvalue weighted by Gasteiger charge is -2.26. The summed E-state index contributed by atoms with van der Waals surface area (Å²) in [6, 6.07) is 8.67. The van der Waals surface area contributed by atoms with Crippen molar-refractivity contribution < 1.29 is 54.6 Å². The van der Waals surface area contributed by atoms with Crippen molar-refractivity contribution in [2.75, 3.05) is 13.2 Å². The molecule has 260 valence electrons. The number of carbonyl (C=O) groups excluding carboxylic acids is 6. The van der Waals surface area contributed by atoms with Gasteiger partial charge >= 0.3 is 5.97 Å². The molecule has 0 fully saturated rings. The third kappa shape index (κ3) is 12.8. The van der Waals surface area contributed by atoms with Crippen LogP contribution in [0.5, 0.6) is 0 Å². The number of nitrogens with two attached hydrogens (primary N) is 1. The van der Waals surface area contributed by atoms with E-state index in [0.717, 1.165) is 0 Å². The van der Waals surface area contributed by atoms with Crippen molar-refractivity contribution in [3.05, 3.63) is 71.8 Å². The van der Waals surface area contributed by atoms with E-state index in [-0.39, 0.29) is 12.8 Å². The summed E-state index contributed by atoms with van der Waals surface area (Å²) in [4.78, 5) is 87.8. The van der Waals surface area contributed by atoms with Gasteiger partial charge in [0.2, 0.25) is 29.5 Å². The number of hydrogen-bond donors (Lipinski definition) is 10. The quantitative estimate of drug-likeness (QED) is 0.0682. The van der Waals surface area contributed by atoms with Crippen LogP contribution < -0.4 is 38.1 Å². The van der Waals surface area contributed by atoms with Crippen molar-refractivity contribution in [3.8, 4) is 0 Å². The number of primary amides is 1. The lowest BCUT2D eigenvalue weighted by molar-refractivity contribution is -0.398. The molecule has 0 unspecified atom stereocenters. The predicted octanol–water partition coefficient (Wildman–Crippen LogP) is -4.53. The summed E-state index contributed by atoms with van der Waals surface area (Å²) in [6.45, 7) is -0.377. The van der Waals surface area contributed by atoms with Gasteiger partial charge in [-0.25, -0.2) is 4.79 Å². The van der Waals surface area contributed by atoms with Crippen LogP contribution >= 0.6 is 0 Å². The Balaban J connectivity index is 2.19. The van der Waals surface area contributed by atoms with Gasteiger partial charge in [-0.2, -0.15) is 0 Å². The number of nitrogens with one attached hydrogen (secondary N) is 5. The van der Waals surface area contributed by atoms with Gasteiger partial charge in [0.1, 0.15) is 30.2 Å². The lowest BCUT2D eigenvalue weighted by atomic mass is 10.0. The first kappa shape index (κ1) is 38.8. The minimum atomic E-state index is -1.69. The second-order valence-corrected chi connectivity index (χ2v) is 11.0. The second-order valence-electron chi connectivity index (χ2n) is 11.0. The normalized spacial score (nSPS) is 14.5. The van der Waals surface area contributed by atoms with Gasteiger partial charge in [0.15, 0.2) is 6.04 Å². The van der Waals surface area contributed by atoms with Crippen LogP contribution in [0.15, 0.2) is 60.7 Å². The molecule has 0 radical (unpaired) electrons. The fourth-order valence-electron chi connectivity index (χ4n) is 4.31. The van der Waals surface area contributed by atoms with Crippen molar-refractivity contribution in [1.29, 1.82) is 0 Å². The summed E-state index contributed by atoms with van der Waals surface area (Å²) < 4.78 is 0. The lowest BCUT2D eigenvalue weighted by Crippen LogP contribution is -2.68. The standard InChI is InChI=1S/C31H41N7O10/c1-17(32)26(42)34-20(12-18-8-4-2-5-9-18)28(44)37-24(16-40)30(46)38-23(15-39)29(45)35-21(13-19-10-6-3-7-11-19)27(43)36-22(31(47)48)14-25(33)41/h2-11,17,20-24,39-40H,12-16,32H2,1H3,(H2,33,41)(H,34,42)(H,35,45)(H,36,43)(H,37,44)(H,38,46)(H,47,48)/p+1/t17-,20-,21-,22-,23-,24-/m0/s1. The summed E-state index contributed by atoms with van der Waals surface area (Å²) in [5.74, 6) is -7.03. The molecular weight excluding hydrogens is 630 g/mol. The van der Waals surface area contributed by atoms with Crippen LogP contribution in [0, 0.1) is 0 Å². The molecule has 6 atom stereocenters. The number of aliphatic hydroxyl groups is 2. The van der Waals surface area contributed by atoms with E-state index in [1.807, 2.05) is 0 Å². The SMILES string of the molecule is C[C@H]([NH3+])C(=O)N[C@@H](Cc1ccccc1)C(=O)N[C@@H](CO)C(=O)N[C@@H](CO)C(=O)N[C@@H](Cc1ccccc1)C(=O)N[C@@H](CC(N)=O)C(=O)O. The molecule has 17 heteroatoms. The highest BCUT2D eigenvalue weighted by molar-refractivity contribution is 5.96. The van der Waals surface area contributed by atoms with Crippen LogP contribution in [0.1, 0.15) is 24.5 Å². The molecule has 2 aromatic rings. The maximum atomic E-state index is 13.2. The number of amides is 6. The average molecular weight is 673 g/mol. The molecule has 0 aliphatic carbocycles. The van der Waals surface area contributed by atoms with E-state index in [0.29, 0.717) is 11.1 Å². The minimum Gasteiger partial charge on any atom is -0.480 e. The number of aliphatic carboxylic acids is 1. The van der Waals surface area contributed by atoms with Gasteiger partial charge in [0, 0.05) is 12.8 Å². The summed E-state index contributed by atoms with van der Waals surface area (Å²) >= 11 is 0. The fourth-order valence-corrected chi connectivity index (χ4v) is 4.31. The average Bonchev–Trinajstić information content (AvgIpc) is 3.05. The maximum Gasteiger partial charge on any atom is 0.326 e. The summed E-state index contributed by atoms with van der Waals surface area (Å²) in [5, 5.41) is 40.8. The number of benzene rings is 2. The molecular formula is C31H42N7O10+. The van der Waals surface area contributed by atoms with Gasteiger partial charge in [-0.1, -0.05) is 60.7 Å². The largest absolute Gasteiger partial charge is 0.480 e. The Kier molecular flexibility index (Phi) is 15.6. The molecule has 2 aromatic carbocycles. The molecule has 0 aliphatic rings. The van der Waals surface area contributed by atoms with E-state index in [1.54, 1.807) is 60.7 Å². The monoisotopic (exact) mass is 672 g/mol. The number of quaternary nitrogens is 1. The number of hydrogen-bond acceptors (Lipinski definition) is 9. The minimum absolute atomic E-state index is 0.0413. The number of aliphatic hydroxyl groups excluding tert-OH is 2. The first-order valence-electron chi connectivity index (χ1n) is 14.9. The molecule has 0 saturated carbocycles. The molecule has 0 aromatic heterocycles. The Hall–Kier alpha value is -5.39. The molecule has 0 saturated heterocycles. The van der Waals surface area contributed by atoms with Crippen LogP contribution in [0.4, 0.5) is 0 Å². The maximum absolute atomic E-state index is 13.2. The molecule has 48 heavy (non-hydrogen) atoms. The van der Waals surface area contributed by atoms with Crippen LogP contribution in [0.3, 0.4) is 0 Å². The van der Waals surface area contributed by atoms with Crippen LogP contribution in [0.2, 0.25) is 0 Å². The Morgan fingerprint density at radius 1 is 0.604 bits per heavy atom. The van der Waals surface area contributed by atoms with Gasteiger partial charge in [0.05, 0.1) is 19.6 Å². The van der Waals surface area contributed by atoms with Crippen LogP contribution in [0.25, 0.3) is 0 Å². The van der Waals surface area contributed by atoms with Crippen molar-refractivity contribution in [3.63, 3.8) is 0 Å². The number of carboxylic acids is 1. The first-order chi connectivity index (χ1) is 22.7. The number of carbonyl (C=O) groups is 7. The smallest absolute Gasteiger partial charge is 0.326 e. The Morgan fingerprint density at radius 2 is 0.938 bits per heavy atom. The van der Waals surface area contributed by atoms with E-state index >= 15 is 0 Å². The first-order valence-corrected chi connectivity index (χ1v) is 14.9. The zero-order valence-electron chi connectivity index (χ0n) is 26.3. The summed E-state index contributed by atoms with van der Waals surface area (Å²) in [5.41, 5.74) is 9.96. The molecule has 0 spiro atoms. The third-order valence-electron chi connectivity index (χ3n) is 6.93. The van der Waals surface area contributed by atoms with E-state index in [4.69, 9.17) is 5.73 Å². The van der Waals surface area contributed by atoms with Crippen molar-refractivity contribution in [1.82, 2.24) is 26.6 Å². The molecule has 13 N–H and O–H groups in total. The molecule has 0 heterocycles. The molecule has 0 bridgehead atoms. The summed E-state index contributed by atoms with van der Waals surface area (Å²) in [7, 11) is 0. The molecule has 0 aliphatic heterocycles. The number of carboxylic acid groups (broad SMARTS) is 1. The Bertz CT molecular complexity index is 1430. The number of rotatable bonds is 19. The third-order valence-corrected chi connectivity index (χ3v) is 6.93. The van der Waals surface area contributed by atoms with Gasteiger partial charge in [-0.05, 0) is 18.1 Å². The zero-order chi connectivity index (χ0) is 35.8. The van der Waals surface area contributed by atoms with Gasteiger partial charge in [-0.3, -0.25) is 28.8 Å². The van der Waals surface area contributed by atoms with E-state index in [2.05, 4.69) is 32.3 Å². The molecule has 6 amide bonds. The fraction of sp³-hybridized carbons (Fsp3) is 0.387. The molecule has 2 rings (SSSR count). The highest BCUT2D eigenvalue weighted by Gasteiger charge is 2.33.